The zero-order valence-electron chi connectivity index (χ0n) is 6.56. The van der Waals surface area contributed by atoms with E-state index in [0.717, 1.165) is 6.21 Å². The van der Waals surface area contributed by atoms with Crippen molar-refractivity contribution in [3.8, 4) is 0 Å². The molecule has 0 saturated carbocycles. The second-order valence-corrected chi connectivity index (χ2v) is 2.32. The van der Waals surface area contributed by atoms with Crippen molar-refractivity contribution < 1.29 is 14.3 Å². The Morgan fingerprint density at radius 2 is 2.25 bits per heavy atom. The molecule has 0 unspecified atom stereocenters. The Labute approximate surface area is 69.7 Å². The molecule has 1 amide bonds. The molecule has 6 nitrogen and oxygen atoms in total. The van der Waals surface area contributed by atoms with Crippen molar-refractivity contribution in [1.29, 1.82) is 0 Å². The number of hydrazine groups is 1. The first-order chi connectivity index (χ1) is 5.83. The average Bonchev–Trinajstić information content (AvgIpc) is 2.06. The minimum absolute atomic E-state index is 0.431. The first-order valence-electron chi connectivity index (χ1n) is 3.63. The summed E-state index contributed by atoms with van der Waals surface area (Å²) in [6.07, 6.45) is 0.815. The second kappa shape index (κ2) is 4.61. The maximum Gasteiger partial charge on any atom is 0.346 e. The number of morpholine rings is 1. The molecule has 1 rings (SSSR count). The van der Waals surface area contributed by atoms with Gasteiger partial charge in [-0.2, -0.15) is 4.79 Å². The summed E-state index contributed by atoms with van der Waals surface area (Å²) < 4.78 is 5.07. The molecule has 1 N–H and O–H groups in total. The third-order valence-electron chi connectivity index (χ3n) is 1.45. The number of nitrogens with one attached hydrogen (secondary N) is 1. The number of rotatable bonds is 2. The molecular formula is C6H10N4O2. The molecule has 0 aromatic heterocycles. The third-order valence-corrected chi connectivity index (χ3v) is 1.45. The van der Waals surface area contributed by atoms with Gasteiger partial charge in [-0.15, -0.1) is 0 Å². The lowest BCUT2D eigenvalue weighted by atomic mass is 10.5. The van der Waals surface area contributed by atoms with Crippen molar-refractivity contribution in [3.63, 3.8) is 0 Å². The largest absolute Gasteiger partial charge is 0.379 e. The van der Waals surface area contributed by atoms with Gasteiger partial charge in [0.1, 0.15) is 0 Å². The molecule has 1 fully saturated rings. The molecule has 0 radical (unpaired) electrons. The van der Waals surface area contributed by atoms with Gasteiger partial charge in [0.2, 0.25) is 0 Å². The molecule has 1 aliphatic rings. The summed E-state index contributed by atoms with van der Waals surface area (Å²) in [6.45, 7) is 2.53. The van der Waals surface area contributed by atoms with Gasteiger partial charge in [0.25, 0.3) is 0 Å². The monoisotopic (exact) mass is 170 g/mol. The van der Waals surface area contributed by atoms with E-state index in [1.807, 2.05) is 0 Å². The number of amides is 1. The topological polar surface area (TPSA) is 78.0 Å². The number of ether oxygens (including phenoxy) is 1. The van der Waals surface area contributed by atoms with E-state index in [1.165, 1.54) is 0 Å². The summed E-state index contributed by atoms with van der Waals surface area (Å²) in [7, 11) is 0. The quantitative estimate of drug-likeness (QED) is 0.316. The Morgan fingerprint density at radius 1 is 1.58 bits per heavy atom. The van der Waals surface area contributed by atoms with Crippen LogP contribution >= 0.6 is 0 Å². The summed E-state index contributed by atoms with van der Waals surface area (Å²) >= 11 is 0. The normalized spacial score (nSPS) is 18.0. The van der Waals surface area contributed by atoms with Crippen LogP contribution in [-0.2, 0) is 9.53 Å². The smallest absolute Gasteiger partial charge is 0.346 e. The molecule has 66 valence electrons. The van der Waals surface area contributed by atoms with Gasteiger partial charge in [0.15, 0.2) is 0 Å². The van der Waals surface area contributed by atoms with Crippen LogP contribution in [0, 0.1) is 0 Å². The zero-order chi connectivity index (χ0) is 8.81. The molecule has 0 spiro atoms. The average molecular weight is 170 g/mol. The van der Waals surface area contributed by atoms with Crippen molar-refractivity contribution in [2.24, 2.45) is 0 Å². The van der Waals surface area contributed by atoms with Gasteiger partial charge in [0, 0.05) is 13.1 Å². The van der Waals surface area contributed by atoms with Gasteiger partial charge in [-0.3, -0.25) is 10.2 Å². The van der Waals surface area contributed by atoms with Crippen LogP contribution in [0.15, 0.2) is 0 Å². The summed E-state index contributed by atoms with van der Waals surface area (Å²) in [4.78, 5) is 13.4. The molecule has 1 heterocycles. The molecule has 12 heavy (non-hydrogen) atoms. The molecule has 1 saturated heterocycles. The van der Waals surface area contributed by atoms with E-state index in [-0.39, 0.29) is 0 Å². The molecule has 0 aromatic rings. The van der Waals surface area contributed by atoms with Crippen LogP contribution in [0.3, 0.4) is 0 Å². The standard InChI is InChI=1S/C6H10N4O2/c7-8-5-6(11)9-10-1-3-12-4-2-10/h5H,1-4H2,(H,9,11). The van der Waals surface area contributed by atoms with Crippen molar-refractivity contribution in [3.05, 3.63) is 5.53 Å². The SMILES string of the molecule is [N-]=[N+]=CC(=O)NN1CCOCC1. The Kier molecular flexibility index (Phi) is 3.40. The Bertz CT molecular complexity index is 206. The highest BCUT2D eigenvalue weighted by Crippen LogP contribution is 1.90. The Hall–Kier alpha value is -1.23. The van der Waals surface area contributed by atoms with E-state index in [4.69, 9.17) is 10.3 Å². The number of hydrogen-bond acceptors (Lipinski definition) is 3. The first-order valence-corrected chi connectivity index (χ1v) is 3.63. The minimum Gasteiger partial charge on any atom is -0.379 e. The van der Waals surface area contributed by atoms with Gasteiger partial charge in [-0.1, -0.05) is 0 Å². The summed E-state index contributed by atoms with van der Waals surface area (Å²) in [5.74, 6) is -0.431. The van der Waals surface area contributed by atoms with Gasteiger partial charge in [0.05, 0.1) is 13.2 Å². The van der Waals surface area contributed by atoms with E-state index in [0.29, 0.717) is 26.3 Å². The predicted octanol–water partition coefficient (Wildman–Crippen LogP) is -1.35. The molecule has 0 aromatic carbocycles. The minimum atomic E-state index is -0.431. The van der Waals surface area contributed by atoms with Crippen LogP contribution in [0.4, 0.5) is 0 Å². The fourth-order valence-electron chi connectivity index (χ4n) is 0.912. The predicted molar refractivity (Wildman–Crippen MR) is 40.2 cm³/mol. The van der Waals surface area contributed by atoms with Crippen LogP contribution < -0.4 is 5.43 Å². The summed E-state index contributed by atoms with van der Waals surface area (Å²) in [5.41, 5.74) is 10.6. The number of nitrogens with zero attached hydrogens (tertiary/aromatic N) is 3. The zero-order valence-corrected chi connectivity index (χ0v) is 6.56. The van der Waals surface area contributed by atoms with Crippen LogP contribution in [-0.4, -0.2) is 48.2 Å². The van der Waals surface area contributed by atoms with Crippen molar-refractivity contribution in [2.45, 2.75) is 0 Å². The molecular weight excluding hydrogens is 160 g/mol. The lowest BCUT2D eigenvalue weighted by Gasteiger charge is -2.25. The van der Waals surface area contributed by atoms with Gasteiger partial charge >= 0.3 is 12.1 Å². The highest BCUT2D eigenvalue weighted by atomic mass is 16.5. The molecule has 6 heteroatoms. The van der Waals surface area contributed by atoms with E-state index >= 15 is 0 Å². The van der Waals surface area contributed by atoms with E-state index in [2.05, 4.69) is 10.2 Å². The molecule has 1 aliphatic heterocycles. The molecule has 0 atom stereocenters. The number of carbonyl (C=O) groups excluding carboxylic acids is 1. The summed E-state index contributed by atoms with van der Waals surface area (Å²) in [6, 6.07) is 0. The molecule has 0 bridgehead atoms. The third kappa shape index (κ3) is 2.79. The Balaban J connectivity index is 2.29. The van der Waals surface area contributed by atoms with Gasteiger partial charge in [-0.25, -0.2) is 5.01 Å². The van der Waals surface area contributed by atoms with Crippen LogP contribution in [0.25, 0.3) is 5.53 Å². The van der Waals surface area contributed by atoms with E-state index < -0.39 is 5.91 Å². The van der Waals surface area contributed by atoms with Crippen molar-refractivity contribution in [2.75, 3.05) is 26.3 Å². The number of hydrogen-bond donors (Lipinski definition) is 1. The van der Waals surface area contributed by atoms with Crippen molar-refractivity contribution >= 4 is 12.1 Å². The maximum atomic E-state index is 10.8. The maximum absolute atomic E-state index is 10.8. The lowest BCUT2D eigenvalue weighted by Crippen LogP contribution is -2.48. The fourth-order valence-corrected chi connectivity index (χ4v) is 0.912. The van der Waals surface area contributed by atoms with Crippen LogP contribution in [0.1, 0.15) is 0 Å². The fraction of sp³-hybridized carbons (Fsp3) is 0.667. The highest BCUT2D eigenvalue weighted by Gasteiger charge is 2.12. The van der Waals surface area contributed by atoms with E-state index in [1.54, 1.807) is 5.01 Å². The second-order valence-electron chi connectivity index (χ2n) is 2.32. The van der Waals surface area contributed by atoms with Crippen molar-refractivity contribution in [1.82, 2.24) is 10.4 Å². The highest BCUT2D eigenvalue weighted by molar-refractivity contribution is 6.23. The van der Waals surface area contributed by atoms with Crippen LogP contribution in [0.5, 0.6) is 0 Å². The summed E-state index contributed by atoms with van der Waals surface area (Å²) in [5, 5.41) is 1.72. The number of carbonyl (C=O) groups is 1. The first kappa shape index (κ1) is 8.86. The lowest BCUT2D eigenvalue weighted by molar-refractivity contribution is -0.124. The Morgan fingerprint density at radius 3 is 2.83 bits per heavy atom. The molecule has 0 aliphatic carbocycles. The van der Waals surface area contributed by atoms with E-state index in [9.17, 15) is 4.79 Å². The van der Waals surface area contributed by atoms with Crippen LogP contribution in [0.2, 0.25) is 0 Å². The van der Waals surface area contributed by atoms with Gasteiger partial charge < -0.3 is 10.3 Å². The van der Waals surface area contributed by atoms with Gasteiger partial charge in [-0.05, 0) is 0 Å².